The van der Waals surface area contributed by atoms with E-state index in [1.165, 1.54) is 44.9 Å². The van der Waals surface area contributed by atoms with Crippen molar-refractivity contribution in [3.8, 4) is 0 Å². The SMILES string of the molecule is CCCC1(CNc2nc(N)nc(N3CCCCC3)n2)CC1. The smallest absolute Gasteiger partial charge is 0.231 e. The van der Waals surface area contributed by atoms with Gasteiger partial charge in [0, 0.05) is 19.6 Å². The van der Waals surface area contributed by atoms with Gasteiger partial charge in [0.1, 0.15) is 0 Å². The zero-order valence-corrected chi connectivity index (χ0v) is 12.9. The summed E-state index contributed by atoms with van der Waals surface area (Å²) >= 11 is 0. The summed E-state index contributed by atoms with van der Waals surface area (Å²) in [6.07, 6.45) is 8.84. The molecule has 1 saturated carbocycles. The summed E-state index contributed by atoms with van der Waals surface area (Å²) in [4.78, 5) is 15.3. The molecule has 1 aliphatic heterocycles. The lowest BCUT2D eigenvalue weighted by molar-refractivity contribution is 0.484. The molecule has 1 aliphatic carbocycles. The highest BCUT2D eigenvalue weighted by Crippen LogP contribution is 2.49. The monoisotopic (exact) mass is 290 g/mol. The van der Waals surface area contributed by atoms with Crippen LogP contribution in [-0.2, 0) is 0 Å². The maximum atomic E-state index is 5.85. The summed E-state index contributed by atoms with van der Waals surface area (Å²) < 4.78 is 0. The Hall–Kier alpha value is -1.59. The molecule has 0 amide bonds. The number of nitrogens with two attached hydrogens (primary N) is 1. The molecule has 6 heteroatoms. The van der Waals surface area contributed by atoms with E-state index < -0.39 is 0 Å². The Kier molecular flexibility index (Phi) is 4.12. The Bertz CT molecular complexity index is 479. The maximum Gasteiger partial charge on any atom is 0.231 e. The Labute approximate surface area is 126 Å². The molecule has 0 aromatic carbocycles. The van der Waals surface area contributed by atoms with Gasteiger partial charge in [-0.05, 0) is 43.9 Å². The summed E-state index contributed by atoms with van der Waals surface area (Å²) in [5.74, 6) is 1.67. The number of rotatable bonds is 6. The summed E-state index contributed by atoms with van der Waals surface area (Å²) in [5, 5.41) is 3.38. The topological polar surface area (TPSA) is 80.0 Å². The van der Waals surface area contributed by atoms with Crippen LogP contribution >= 0.6 is 0 Å². The Morgan fingerprint density at radius 3 is 2.57 bits per heavy atom. The molecule has 1 saturated heterocycles. The van der Waals surface area contributed by atoms with E-state index in [0.717, 1.165) is 25.6 Å². The van der Waals surface area contributed by atoms with Crippen LogP contribution in [0.5, 0.6) is 0 Å². The lowest BCUT2D eigenvalue weighted by Gasteiger charge is -2.26. The molecule has 2 aliphatic rings. The Morgan fingerprint density at radius 1 is 1.14 bits per heavy atom. The van der Waals surface area contributed by atoms with Crippen LogP contribution in [0.4, 0.5) is 17.8 Å². The van der Waals surface area contributed by atoms with E-state index >= 15 is 0 Å². The molecule has 3 N–H and O–H groups in total. The first-order valence-electron chi connectivity index (χ1n) is 8.21. The average molecular weight is 290 g/mol. The van der Waals surface area contributed by atoms with Gasteiger partial charge in [0.2, 0.25) is 17.8 Å². The second-order valence-corrected chi connectivity index (χ2v) is 6.47. The highest BCUT2D eigenvalue weighted by Gasteiger charge is 2.41. The van der Waals surface area contributed by atoms with Crippen molar-refractivity contribution in [3.05, 3.63) is 0 Å². The fraction of sp³-hybridized carbons (Fsp3) is 0.800. The minimum atomic E-state index is 0.313. The first-order valence-corrected chi connectivity index (χ1v) is 8.21. The molecule has 2 heterocycles. The van der Waals surface area contributed by atoms with E-state index in [9.17, 15) is 0 Å². The first kappa shape index (κ1) is 14.4. The van der Waals surface area contributed by atoms with Gasteiger partial charge >= 0.3 is 0 Å². The molecule has 116 valence electrons. The van der Waals surface area contributed by atoms with Crippen molar-refractivity contribution >= 4 is 17.8 Å². The predicted octanol–water partition coefficient (Wildman–Crippen LogP) is 2.44. The zero-order valence-electron chi connectivity index (χ0n) is 12.9. The van der Waals surface area contributed by atoms with Crippen molar-refractivity contribution in [3.63, 3.8) is 0 Å². The molecule has 0 spiro atoms. The normalized spacial score (nSPS) is 20.3. The van der Waals surface area contributed by atoms with Crippen LogP contribution in [0.15, 0.2) is 0 Å². The van der Waals surface area contributed by atoms with Crippen molar-refractivity contribution in [1.82, 2.24) is 15.0 Å². The van der Waals surface area contributed by atoms with Crippen LogP contribution in [0.25, 0.3) is 0 Å². The molecular weight excluding hydrogens is 264 g/mol. The molecule has 21 heavy (non-hydrogen) atoms. The minimum absolute atomic E-state index is 0.313. The van der Waals surface area contributed by atoms with E-state index in [1.54, 1.807) is 0 Å². The fourth-order valence-electron chi connectivity index (χ4n) is 3.18. The van der Waals surface area contributed by atoms with Crippen molar-refractivity contribution in [2.24, 2.45) is 5.41 Å². The summed E-state index contributed by atoms with van der Waals surface area (Å²) in [7, 11) is 0. The van der Waals surface area contributed by atoms with Crippen LogP contribution < -0.4 is 16.0 Å². The van der Waals surface area contributed by atoms with E-state index in [1.807, 2.05) is 0 Å². The van der Waals surface area contributed by atoms with Crippen LogP contribution in [0.1, 0.15) is 51.9 Å². The molecule has 3 rings (SSSR count). The molecular formula is C15H26N6. The number of nitrogens with zero attached hydrogens (tertiary/aromatic N) is 4. The van der Waals surface area contributed by atoms with Crippen LogP contribution in [-0.4, -0.2) is 34.6 Å². The predicted molar refractivity (Wildman–Crippen MR) is 85.4 cm³/mol. The fourth-order valence-corrected chi connectivity index (χ4v) is 3.18. The summed E-state index contributed by atoms with van der Waals surface area (Å²) in [6.45, 7) is 5.23. The largest absolute Gasteiger partial charge is 0.368 e. The van der Waals surface area contributed by atoms with Crippen LogP contribution in [0.3, 0.4) is 0 Å². The van der Waals surface area contributed by atoms with E-state index in [2.05, 4.69) is 32.1 Å². The average Bonchev–Trinajstić information content (AvgIpc) is 3.26. The lowest BCUT2D eigenvalue weighted by Crippen LogP contribution is -2.31. The maximum absolute atomic E-state index is 5.85. The van der Waals surface area contributed by atoms with Gasteiger partial charge in [0.25, 0.3) is 0 Å². The lowest BCUT2D eigenvalue weighted by atomic mass is 10.0. The Morgan fingerprint density at radius 2 is 1.90 bits per heavy atom. The van der Waals surface area contributed by atoms with Crippen LogP contribution in [0.2, 0.25) is 0 Å². The molecule has 2 fully saturated rings. The summed E-state index contributed by atoms with van der Waals surface area (Å²) in [5.41, 5.74) is 6.32. The Balaban J connectivity index is 1.66. The van der Waals surface area contributed by atoms with E-state index in [0.29, 0.717) is 17.3 Å². The molecule has 1 aromatic heterocycles. The van der Waals surface area contributed by atoms with Gasteiger partial charge in [-0.25, -0.2) is 0 Å². The molecule has 0 bridgehead atoms. The highest BCUT2D eigenvalue weighted by molar-refractivity contribution is 5.42. The quantitative estimate of drug-likeness (QED) is 0.837. The van der Waals surface area contributed by atoms with Gasteiger partial charge in [-0.15, -0.1) is 0 Å². The molecule has 1 aromatic rings. The van der Waals surface area contributed by atoms with E-state index in [4.69, 9.17) is 5.73 Å². The third-order valence-electron chi connectivity index (χ3n) is 4.64. The number of anilines is 3. The number of hydrogen-bond donors (Lipinski definition) is 2. The minimum Gasteiger partial charge on any atom is -0.368 e. The first-order chi connectivity index (χ1) is 10.2. The highest BCUT2D eigenvalue weighted by atomic mass is 15.3. The molecule has 0 radical (unpaired) electrons. The second kappa shape index (κ2) is 6.03. The number of nitrogen functional groups attached to an aromatic ring is 1. The van der Waals surface area contributed by atoms with E-state index in [-0.39, 0.29) is 0 Å². The van der Waals surface area contributed by atoms with Crippen LogP contribution in [0, 0.1) is 5.41 Å². The van der Waals surface area contributed by atoms with Gasteiger partial charge in [0.15, 0.2) is 0 Å². The third-order valence-corrected chi connectivity index (χ3v) is 4.64. The number of nitrogens with one attached hydrogen (secondary N) is 1. The standard InChI is InChI=1S/C15H26N6/c1-2-6-15(7-8-15)11-17-13-18-12(16)19-14(20-13)21-9-4-3-5-10-21/h2-11H2,1H3,(H3,16,17,18,19,20). The van der Waals surface area contributed by atoms with Gasteiger partial charge < -0.3 is 16.0 Å². The number of piperidine rings is 1. The third kappa shape index (κ3) is 3.54. The van der Waals surface area contributed by atoms with Gasteiger partial charge in [-0.2, -0.15) is 15.0 Å². The van der Waals surface area contributed by atoms with Crippen molar-refractivity contribution < 1.29 is 0 Å². The summed E-state index contributed by atoms with van der Waals surface area (Å²) in [6, 6.07) is 0. The zero-order chi connectivity index (χ0) is 14.7. The molecule has 0 atom stereocenters. The van der Waals surface area contributed by atoms with Gasteiger partial charge in [-0.1, -0.05) is 13.3 Å². The van der Waals surface area contributed by atoms with Crippen molar-refractivity contribution in [2.45, 2.75) is 51.9 Å². The molecule has 0 unspecified atom stereocenters. The number of hydrogen-bond acceptors (Lipinski definition) is 6. The van der Waals surface area contributed by atoms with Crippen molar-refractivity contribution in [1.29, 1.82) is 0 Å². The van der Waals surface area contributed by atoms with Gasteiger partial charge in [0.05, 0.1) is 0 Å². The molecule has 6 nitrogen and oxygen atoms in total. The van der Waals surface area contributed by atoms with Crippen molar-refractivity contribution in [2.75, 3.05) is 35.6 Å². The number of aromatic nitrogens is 3. The van der Waals surface area contributed by atoms with Gasteiger partial charge in [-0.3, -0.25) is 0 Å². The second-order valence-electron chi connectivity index (χ2n) is 6.47.